The molecule has 1 heterocycles. The second-order valence-corrected chi connectivity index (χ2v) is 6.34. The van der Waals surface area contributed by atoms with Crippen molar-refractivity contribution >= 4 is 24.2 Å². The predicted octanol–water partition coefficient (Wildman–Crippen LogP) is 1.44. The molecule has 1 aromatic carbocycles. The van der Waals surface area contributed by atoms with Crippen LogP contribution in [0.2, 0.25) is 0 Å². The molecule has 1 aliphatic heterocycles. The summed E-state index contributed by atoms with van der Waals surface area (Å²) in [4.78, 5) is 25.9. The van der Waals surface area contributed by atoms with Crippen LogP contribution in [0.4, 0.5) is 0 Å². The monoisotopic (exact) mass is 385 g/mol. The summed E-state index contributed by atoms with van der Waals surface area (Å²) in [5.41, 5.74) is 6.53. The van der Waals surface area contributed by atoms with Gasteiger partial charge < -0.3 is 25.4 Å². The molecule has 0 saturated carbocycles. The zero-order valence-electron chi connectivity index (χ0n) is 15.5. The predicted molar refractivity (Wildman–Crippen MR) is 102 cm³/mol. The first-order valence-corrected chi connectivity index (χ1v) is 8.52. The number of nitrogens with one attached hydrogen (secondary N) is 1. The van der Waals surface area contributed by atoms with Crippen molar-refractivity contribution in [2.24, 2.45) is 11.7 Å². The van der Waals surface area contributed by atoms with Crippen LogP contribution in [0.25, 0.3) is 0 Å². The van der Waals surface area contributed by atoms with Crippen molar-refractivity contribution in [3.05, 3.63) is 23.8 Å². The molecule has 2 atom stereocenters. The van der Waals surface area contributed by atoms with Crippen LogP contribution in [0, 0.1) is 5.92 Å². The van der Waals surface area contributed by atoms with E-state index in [9.17, 15) is 9.59 Å². The number of amides is 2. The molecule has 0 radical (unpaired) electrons. The number of halogens is 1. The van der Waals surface area contributed by atoms with E-state index in [0.717, 1.165) is 19.4 Å². The highest BCUT2D eigenvalue weighted by Crippen LogP contribution is 2.29. The van der Waals surface area contributed by atoms with Crippen LogP contribution in [0.15, 0.2) is 18.2 Å². The topological polar surface area (TPSA) is 93.9 Å². The fraction of sp³-hybridized carbons (Fsp3) is 0.556. The van der Waals surface area contributed by atoms with E-state index in [0.29, 0.717) is 29.5 Å². The molecule has 1 saturated heterocycles. The summed E-state index contributed by atoms with van der Waals surface area (Å²) in [6, 6.07) is 5.07. The summed E-state index contributed by atoms with van der Waals surface area (Å²) in [6.07, 6.45) is 2.01. The molecule has 0 spiro atoms. The summed E-state index contributed by atoms with van der Waals surface area (Å²) in [6.45, 7) is 3.29. The molecule has 7 nitrogen and oxygen atoms in total. The highest BCUT2D eigenvalue weighted by Gasteiger charge is 2.27. The van der Waals surface area contributed by atoms with Crippen LogP contribution >= 0.6 is 12.4 Å². The Morgan fingerprint density at radius 2 is 2.12 bits per heavy atom. The molecular formula is C18H28ClN3O4. The Hall–Kier alpha value is -1.99. The van der Waals surface area contributed by atoms with Gasteiger partial charge in [0.2, 0.25) is 0 Å². The normalized spacial score (nSPS) is 17.7. The van der Waals surface area contributed by atoms with E-state index in [1.165, 1.54) is 7.11 Å². The number of methoxy groups -OCH3 is 1. The van der Waals surface area contributed by atoms with Crippen molar-refractivity contribution in [3.63, 3.8) is 0 Å². The lowest BCUT2D eigenvalue weighted by Crippen LogP contribution is -2.45. The van der Waals surface area contributed by atoms with Gasteiger partial charge in [-0.3, -0.25) is 9.59 Å². The Balaban J connectivity index is 0.00000338. The SMILES string of the molecule is CNC(=O)COc1ccc(C(=O)N2CCCC(C(C)N)C2)cc1OC.Cl. The molecule has 1 aromatic rings. The quantitative estimate of drug-likeness (QED) is 0.772. The number of likely N-dealkylation sites (N-methyl/N-ethyl adjacent to an activating group) is 1. The maximum Gasteiger partial charge on any atom is 0.257 e. The minimum absolute atomic E-state index is 0. The third kappa shape index (κ3) is 5.51. The van der Waals surface area contributed by atoms with Gasteiger partial charge in [0.05, 0.1) is 7.11 Å². The van der Waals surface area contributed by atoms with E-state index >= 15 is 0 Å². The molecule has 0 aliphatic carbocycles. The number of likely N-dealkylation sites (tertiary alicyclic amines) is 1. The lowest BCUT2D eigenvalue weighted by atomic mass is 9.92. The first kappa shape index (κ1) is 22.1. The number of ether oxygens (including phenoxy) is 2. The van der Waals surface area contributed by atoms with Gasteiger partial charge >= 0.3 is 0 Å². The Bertz CT molecular complexity index is 624. The van der Waals surface area contributed by atoms with E-state index in [1.54, 1.807) is 25.2 Å². The number of piperidine rings is 1. The zero-order valence-corrected chi connectivity index (χ0v) is 16.3. The lowest BCUT2D eigenvalue weighted by Gasteiger charge is -2.34. The summed E-state index contributed by atoms with van der Waals surface area (Å²) >= 11 is 0. The lowest BCUT2D eigenvalue weighted by molar-refractivity contribution is -0.122. The average Bonchev–Trinajstić information content (AvgIpc) is 2.65. The third-order valence-electron chi connectivity index (χ3n) is 4.54. The molecule has 2 amide bonds. The van der Waals surface area contributed by atoms with Gasteiger partial charge in [-0.1, -0.05) is 0 Å². The van der Waals surface area contributed by atoms with Crippen LogP contribution in [-0.2, 0) is 4.79 Å². The van der Waals surface area contributed by atoms with E-state index in [4.69, 9.17) is 15.2 Å². The number of carbonyl (C=O) groups excluding carboxylic acids is 2. The van der Waals surface area contributed by atoms with Crippen molar-refractivity contribution in [2.45, 2.75) is 25.8 Å². The minimum Gasteiger partial charge on any atom is -0.493 e. The van der Waals surface area contributed by atoms with Gasteiger partial charge in [0.15, 0.2) is 18.1 Å². The molecule has 0 aromatic heterocycles. The molecule has 3 N–H and O–H groups in total. The van der Waals surface area contributed by atoms with Gasteiger partial charge in [0.1, 0.15) is 0 Å². The number of carbonyl (C=O) groups is 2. The molecule has 1 fully saturated rings. The van der Waals surface area contributed by atoms with Gasteiger partial charge in [-0.15, -0.1) is 12.4 Å². The van der Waals surface area contributed by atoms with E-state index in [-0.39, 0.29) is 36.9 Å². The molecule has 146 valence electrons. The highest BCUT2D eigenvalue weighted by atomic mass is 35.5. The number of nitrogens with two attached hydrogens (primary N) is 1. The van der Waals surface area contributed by atoms with Crippen molar-refractivity contribution in [2.75, 3.05) is 33.9 Å². The van der Waals surface area contributed by atoms with Crippen molar-refractivity contribution in [1.82, 2.24) is 10.2 Å². The number of rotatable bonds is 6. The van der Waals surface area contributed by atoms with E-state index < -0.39 is 0 Å². The number of hydrogen-bond acceptors (Lipinski definition) is 5. The zero-order chi connectivity index (χ0) is 18.4. The van der Waals surface area contributed by atoms with Crippen LogP contribution in [0.1, 0.15) is 30.1 Å². The third-order valence-corrected chi connectivity index (χ3v) is 4.54. The van der Waals surface area contributed by atoms with Crippen LogP contribution in [0.3, 0.4) is 0 Å². The molecule has 8 heteroatoms. The molecule has 26 heavy (non-hydrogen) atoms. The van der Waals surface area contributed by atoms with Gasteiger partial charge in [-0.2, -0.15) is 0 Å². The highest BCUT2D eigenvalue weighted by molar-refractivity contribution is 5.95. The Morgan fingerprint density at radius 1 is 1.38 bits per heavy atom. The number of nitrogens with zero attached hydrogens (tertiary/aromatic N) is 1. The largest absolute Gasteiger partial charge is 0.493 e. The molecule has 2 rings (SSSR count). The molecule has 1 aliphatic rings. The standard InChI is InChI=1S/C18H27N3O4.ClH/c1-12(19)14-5-4-8-21(10-14)18(23)13-6-7-15(16(9-13)24-3)25-11-17(22)20-2;/h6-7,9,12,14H,4-5,8,10-11,19H2,1-3H3,(H,20,22);1H. The number of hydrogen-bond donors (Lipinski definition) is 2. The van der Waals surface area contributed by atoms with Gasteiger partial charge in [-0.25, -0.2) is 0 Å². The summed E-state index contributed by atoms with van der Waals surface area (Å²) in [5.74, 6) is 0.902. The fourth-order valence-electron chi connectivity index (χ4n) is 2.94. The number of benzene rings is 1. The van der Waals surface area contributed by atoms with E-state index in [1.807, 2.05) is 11.8 Å². The van der Waals surface area contributed by atoms with Crippen molar-refractivity contribution in [1.29, 1.82) is 0 Å². The fourth-order valence-corrected chi connectivity index (χ4v) is 2.94. The first-order chi connectivity index (χ1) is 12.0. The van der Waals surface area contributed by atoms with Gasteiger partial charge in [0.25, 0.3) is 11.8 Å². The minimum atomic E-state index is -0.238. The average molecular weight is 386 g/mol. The van der Waals surface area contributed by atoms with E-state index in [2.05, 4.69) is 5.32 Å². The Labute approximate surface area is 160 Å². The summed E-state index contributed by atoms with van der Waals surface area (Å²) in [7, 11) is 3.04. The summed E-state index contributed by atoms with van der Waals surface area (Å²) in [5, 5.41) is 2.48. The Kier molecular flexibility index (Phi) is 8.68. The maximum atomic E-state index is 12.8. The smallest absolute Gasteiger partial charge is 0.257 e. The molecule has 2 unspecified atom stereocenters. The maximum absolute atomic E-state index is 12.8. The Morgan fingerprint density at radius 3 is 2.73 bits per heavy atom. The van der Waals surface area contributed by atoms with Crippen molar-refractivity contribution < 1.29 is 19.1 Å². The van der Waals surface area contributed by atoms with Gasteiger partial charge in [0, 0.05) is 31.7 Å². The van der Waals surface area contributed by atoms with Gasteiger partial charge in [-0.05, 0) is 43.9 Å². The van der Waals surface area contributed by atoms with Crippen LogP contribution < -0.4 is 20.5 Å². The summed E-state index contributed by atoms with van der Waals surface area (Å²) < 4.78 is 10.7. The second-order valence-electron chi connectivity index (χ2n) is 6.34. The van der Waals surface area contributed by atoms with Crippen molar-refractivity contribution in [3.8, 4) is 11.5 Å². The molecule has 0 bridgehead atoms. The van der Waals surface area contributed by atoms with Crippen LogP contribution in [-0.4, -0.2) is 56.6 Å². The first-order valence-electron chi connectivity index (χ1n) is 8.52. The second kappa shape index (κ2) is 10.2. The molecular weight excluding hydrogens is 358 g/mol. The van der Waals surface area contributed by atoms with Crippen LogP contribution in [0.5, 0.6) is 11.5 Å².